The molecule has 0 saturated heterocycles. The number of hydrogen-bond donors (Lipinski definition) is 1. The lowest BCUT2D eigenvalue weighted by molar-refractivity contribution is 0.0282. The zero-order valence-corrected chi connectivity index (χ0v) is 16.3. The van der Waals surface area contributed by atoms with Crippen LogP contribution >= 0.6 is 0 Å². The maximum Gasteiger partial charge on any atom is 0.410 e. The minimum atomic E-state index is -0.529. The van der Waals surface area contributed by atoms with E-state index in [1.54, 1.807) is 17.8 Å². The summed E-state index contributed by atoms with van der Waals surface area (Å²) >= 11 is 0. The number of rotatable bonds is 5. The van der Waals surface area contributed by atoms with Crippen molar-refractivity contribution < 1.29 is 9.53 Å². The standard InChI is InChI=1S/C19H33N3O3/c1-6-16(14-10-8-7-9-11-14)22-17(23)12-15(20-22)13-21(5)18(24)25-19(2,3)4/h12,14,16,20H,6-11,13H2,1-5H3. The van der Waals surface area contributed by atoms with Gasteiger partial charge in [0.25, 0.3) is 5.56 Å². The lowest BCUT2D eigenvalue weighted by atomic mass is 9.83. The fourth-order valence-electron chi connectivity index (χ4n) is 3.69. The average Bonchev–Trinajstić information content (AvgIpc) is 2.88. The normalized spacial score (nSPS) is 17.3. The van der Waals surface area contributed by atoms with Crippen LogP contribution in [0.25, 0.3) is 0 Å². The van der Waals surface area contributed by atoms with Gasteiger partial charge in [0.1, 0.15) is 5.60 Å². The molecule has 1 amide bonds. The molecule has 0 radical (unpaired) electrons. The Balaban J connectivity index is 2.08. The van der Waals surface area contributed by atoms with Gasteiger partial charge >= 0.3 is 6.09 Å². The third kappa shape index (κ3) is 5.38. The van der Waals surface area contributed by atoms with Crippen LogP contribution in [-0.4, -0.2) is 33.4 Å². The summed E-state index contributed by atoms with van der Waals surface area (Å²) in [5, 5.41) is 3.23. The molecule has 1 saturated carbocycles. The Bertz CT molecular complexity index is 621. The number of carbonyl (C=O) groups excluding carboxylic acids is 1. The quantitative estimate of drug-likeness (QED) is 0.869. The van der Waals surface area contributed by atoms with E-state index in [1.807, 2.05) is 20.8 Å². The van der Waals surface area contributed by atoms with Gasteiger partial charge in [0.2, 0.25) is 0 Å². The molecular formula is C19H33N3O3. The van der Waals surface area contributed by atoms with Gasteiger partial charge in [-0.3, -0.25) is 9.89 Å². The Hall–Kier alpha value is -1.72. The predicted molar refractivity (Wildman–Crippen MR) is 98.7 cm³/mol. The molecule has 1 aliphatic carbocycles. The Labute approximate surface area is 150 Å². The Morgan fingerprint density at radius 1 is 1.36 bits per heavy atom. The molecule has 1 unspecified atom stereocenters. The molecular weight excluding hydrogens is 318 g/mol. The van der Waals surface area contributed by atoms with Gasteiger partial charge in [0.05, 0.1) is 18.3 Å². The number of ether oxygens (including phenoxy) is 1. The maximum absolute atomic E-state index is 12.5. The first-order valence-electron chi connectivity index (χ1n) is 9.46. The molecule has 142 valence electrons. The minimum Gasteiger partial charge on any atom is -0.444 e. The largest absolute Gasteiger partial charge is 0.444 e. The SMILES string of the molecule is CCC(C1CCCCC1)n1[nH]c(CN(C)C(=O)OC(C)(C)C)cc1=O. The van der Waals surface area contributed by atoms with Gasteiger partial charge in [-0.15, -0.1) is 0 Å². The average molecular weight is 351 g/mol. The molecule has 2 rings (SSSR count). The second-order valence-electron chi connectivity index (χ2n) is 8.20. The van der Waals surface area contributed by atoms with Crippen LogP contribution in [0, 0.1) is 5.92 Å². The van der Waals surface area contributed by atoms with Crippen molar-refractivity contribution >= 4 is 6.09 Å². The molecule has 6 heteroatoms. The molecule has 1 atom stereocenters. The summed E-state index contributed by atoms with van der Waals surface area (Å²) in [6.07, 6.45) is 6.75. The highest BCUT2D eigenvalue weighted by atomic mass is 16.6. The number of amides is 1. The number of nitrogens with zero attached hydrogens (tertiary/aromatic N) is 2. The van der Waals surface area contributed by atoms with Crippen LogP contribution in [0.15, 0.2) is 10.9 Å². The van der Waals surface area contributed by atoms with Crippen LogP contribution in [0.2, 0.25) is 0 Å². The zero-order chi connectivity index (χ0) is 18.6. The maximum atomic E-state index is 12.5. The van der Waals surface area contributed by atoms with Gasteiger partial charge in [-0.2, -0.15) is 0 Å². The number of H-pyrrole nitrogens is 1. The first kappa shape index (κ1) is 19.6. The third-order valence-corrected chi connectivity index (χ3v) is 4.86. The smallest absolute Gasteiger partial charge is 0.410 e. The van der Waals surface area contributed by atoms with Crippen molar-refractivity contribution in [3.05, 3.63) is 22.1 Å². The van der Waals surface area contributed by atoms with Gasteiger partial charge in [-0.05, 0) is 46.0 Å². The van der Waals surface area contributed by atoms with Crippen molar-refractivity contribution in [1.82, 2.24) is 14.7 Å². The topological polar surface area (TPSA) is 67.3 Å². The number of nitrogens with one attached hydrogen (secondary N) is 1. The minimum absolute atomic E-state index is 0.00925. The van der Waals surface area contributed by atoms with Crippen LogP contribution in [0.1, 0.15) is 78.0 Å². The highest BCUT2D eigenvalue weighted by molar-refractivity contribution is 5.67. The molecule has 6 nitrogen and oxygen atoms in total. The van der Waals surface area contributed by atoms with Gasteiger partial charge in [-0.1, -0.05) is 26.2 Å². The Morgan fingerprint density at radius 2 is 2.00 bits per heavy atom. The second kappa shape index (κ2) is 8.11. The number of carbonyl (C=O) groups is 1. The van der Waals surface area contributed by atoms with E-state index in [0.717, 1.165) is 12.1 Å². The molecule has 0 aliphatic heterocycles. The van der Waals surface area contributed by atoms with E-state index < -0.39 is 5.60 Å². The Morgan fingerprint density at radius 3 is 2.56 bits per heavy atom. The van der Waals surface area contributed by atoms with Crippen LogP contribution in [0.3, 0.4) is 0 Å². The van der Waals surface area contributed by atoms with E-state index in [1.165, 1.54) is 37.0 Å². The van der Waals surface area contributed by atoms with Crippen LogP contribution in [0.5, 0.6) is 0 Å². The van der Waals surface area contributed by atoms with Gasteiger partial charge in [0, 0.05) is 13.1 Å². The van der Waals surface area contributed by atoms with E-state index >= 15 is 0 Å². The molecule has 1 aromatic rings. The zero-order valence-electron chi connectivity index (χ0n) is 16.3. The highest BCUT2D eigenvalue weighted by Crippen LogP contribution is 2.33. The highest BCUT2D eigenvalue weighted by Gasteiger charge is 2.26. The number of aromatic amines is 1. The molecule has 0 bridgehead atoms. The molecule has 1 fully saturated rings. The number of aromatic nitrogens is 2. The molecule has 1 heterocycles. The summed E-state index contributed by atoms with van der Waals surface area (Å²) in [6, 6.07) is 1.82. The fourth-order valence-corrected chi connectivity index (χ4v) is 3.69. The monoisotopic (exact) mass is 351 g/mol. The number of hydrogen-bond acceptors (Lipinski definition) is 3. The lowest BCUT2D eigenvalue weighted by Crippen LogP contribution is -2.34. The molecule has 1 aromatic heterocycles. The van der Waals surface area contributed by atoms with Crippen LogP contribution in [-0.2, 0) is 11.3 Å². The van der Waals surface area contributed by atoms with E-state index in [0.29, 0.717) is 12.5 Å². The summed E-state index contributed by atoms with van der Waals surface area (Å²) in [4.78, 5) is 26.0. The molecule has 0 spiro atoms. The summed E-state index contributed by atoms with van der Waals surface area (Å²) in [5.41, 5.74) is 0.205. The van der Waals surface area contributed by atoms with Crippen LogP contribution < -0.4 is 5.56 Å². The van der Waals surface area contributed by atoms with Crippen molar-refractivity contribution in [3.8, 4) is 0 Å². The summed E-state index contributed by atoms with van der Waals surface area (Å²) in [5.74, 6) is 0.562. The Kier molecular flexibility index (Phi) is 6.36. The van der Waals surface area contributed by atoms with E-state index in [-0.39, 0.29) is 17.7 Å². The van der Waals surface area contributed by atoms with Crippen molar-refractivity contribution in [1.29, 1.82) is 0 Å². The van der Waals surface area contributed by atoms with Gasteiger partial charge in [-0.25, -0.2) is 9.48 Å². The van der Waals surface area contributed by atoms with Crippen molar-refractivity contribution in [3.63, 3.8) is 0 Å². The summed E-state index contributed by atoms with van der Waals surface area (Å²) in [7, 11) is 1.68. The predicted octanol–water partition coefficient (Wildman–Crippen LogP) is 4.07. The van der Waals surface area contributed by atoms with E-state index in [4.69, 9.17) is 4.74 Å². The van der Waals surface area contributed by atoms with E-state index in [2.05, 4.69) is 12.0 Å². The summed E-state index contributed by atoms with van der Waals surface area (Å²) in [6.45, 7) is 7.99. The molecule has 1 aliphatic rings. The van der Waals surface area contributed by atoms with Gasteiger partial charge in [0.15, 0.2) is 0 Å². The third-order valence-electron chi connectivity index (χ3n) is 4.86. The van der Waals surface area contributed by atoms with Crippen LogP contribution in [0.4, 0.5) is 4.79 Å². The fraction of sp³-hybridized carbons (Fsp3) is 0.789. The van der Waals surface area contributed by atoms with E-state index in [9.17, 15) is 9.59 Å². The lowest BCUT2D eigenvalue weighted by Gasteiger charge is -2.30. The molecule has 0 aromatic carbocycles. The molecule has 25 heavy (non-hydrogen) atoms. The first-order chi connectivity index (χ1) is 11.7. The molecule has 1 N–H and O–H groups in total. The van der Waals surface area contributed by atoms with Crippen molar-refractivity contribution in [2.75, 3.05) is 7.05 Å². The van der Waals surface area contributed by atoms with Gasteiger partial charge < -0.3 is 9.64 Å². The van der Waals surface area contributed by atoms with Crippen molar-refractivity contribution in [2.45, 2.75) is 84.4 Å². The summed E-state index contributed by atoms with van der Waals surface area (Å²) < 4.78 is 7.13. The van der Waals surface area contributed by atoms with Crippen molar-refractivity contribution in [2.24, 2.45) is 5.92 Å². The first-order valence-corrected chi connectivity index (χ1v) is 9.46. The second-order valence-corrected chi connectivity index (χ2v) is 8.20.